The van der Waals surface area contributed by atoms with E-state index in [9.17, 15) is 26.8 Å². The topological polar surface area (TPSA) is 95.6 Å². The van der Waals surface area contributed by atoms with E-state index in [1.54, 1.807) is 0 Å². The average molecular weight is 466 g/mol. The molecule has 2 amide bonds. The molecule has 2 unspecified atom stereocenters. The van der Waals surface area contributed by atoms with Crippen molar-refractivity contribution in [2.45, 2.75) is 43.2 Å². The fraction of sp³-hybridized carbons (Fsp3) is 0.364. The Labute approximate surface area is 185 Å². The molecule has 0 bridgehead atoms. The lowest BCUT2D eigenvalue weighted by atomic mass is 10.0. The van der Waals surface area contributed by atoms with Crippen LogP contribution in [0.5, 0.6) is 0 Å². The van der Waals surface area contributed by atoms with Crippen molar-refractivity contribution in [2.24, 2.45) is 0 Å². The summed E-state index contributed by atoms with van der Waals surface area (Å²) in [4.78, 5) is 25.0. The van der Waals surface area contributed by atoms with Crippen LogP contribution >= 0.6 is 0 Å². The van der Waals surface area contributed by atoms with Gasteiger partial charge in [0, 0.05) is 25.2 Å². The third-order valence-corrected chi connectivity index (χ3v) is 7.55. The van der Waals surface area contributed by atoms with Crippen molar-refractivity contribution in [1.82, 2.24) is 14.9 Å². The monoisotopic (exact) mass is 465 g/mol. The summed E-state index contributed by atoms with van der Waals surface area (Å²) in [6, 6.07) is 6.94. The standard InChI is InChI=1S/C22H25F2N3O4S/c1-14-5-3-4-12-27(14)32(30,31)17-9-6-15(7-10-17)21(28)26-20(22(29)25-2)16-8-11-18(23)19(24)13-16/h6-11,13-14,20H,3-5,12H2,1-2H3,(H,25,29)(H,26,28). The van der Waals surface area contributed by atoms with Gasteiger partial charge in [-0.05, 0) is 61.7 Å². The molecular weight excluding hydrogens is 440 g/mol. The second-order valence-corrected chi connectivity index (χ2v) is 9.57. The molecule has 32 heavy (non-hydrogen) atoms. The summed E-state index contributed by atoms with van der Waals surface area (Å²) in [5.41, 5.74) is 0.182. The van der Waals surface area contributed by atoms with Gasteiger partial charge in [-0.2, -0.15) is 4.31 Å². The van der Waals surface area contributed by atoms with Crippen molar-refractivity contribution in [1.29, 1.82) is 0 Å². The molecule has 0 spiro atoms. The number of halogens is 2. The number of hydrogen-bond donors (Lipinski definition) is 2. The highest BCUT2D eigenvalue weighted by Crippen LogP contribution is 2.25. The fourth-order valence-electron chi connectivity index (χ4n) is 3.69. The summed E-state index contributed by atoms with van der Waals surface area (Å²) in [6.07, 6.45) is 2.58. The Hall–Kier alpha value is -2.85. The van der Waals surface area contributed by atoms with Crippen molar-refractivity contribution in [2.75, 3.05) is 13.6 Å². The number of carbonyl (C=O) groups is 2. The molecular formula is C22H25F2N3O4S. The number of benzene rings is 2. The van der Waals surface area contributed by atoms with Gasteiger partial charge in [0.25, 0.3) is 5.91 Å². The van der Waals surface area contributed by atoms with E-state index in [-0.39, 0.29) is 22.1 Å². The summed E-state index contributed by atoms with van der Waals surface area (Å²) in [5, 5.41) is 4.84. The van der Waals surface area contributed by atoms with Crippen LogP contribution in [-0.2, 0) is 14.8 Å². The number of nitrogens with one attached hydrogen (secondary N) is 2. The Bertz CT molecular complexity index is 1110. The van der Waals surface area contributed by atoms with E-state index >= 15 is 0 Å². The Balaban J connectivity index is 1.80. The first-order chi connectivity index (χ1) is 15.1. The summed E-state index contributed by atoms with van der Waals surface area (Å²) in [5.74, 6) is -3.51. The summed E-state index contributed by atoms with van der Waals surface area (Å²) in [6.45, 7) is 2.32. The van der Waals surface area contributed by atoms with E-state index in [2.05, 4.69) is 10.6 Å². The van der Waals surface area contributed by atoms with E-state index < -0.39 is 39.5 Å². The van der Waals surface area contributed by atoms with Gasteiger partial charge in [0.05, 0.1) is 4.90 Å². The number of likely N-dealkylation sites (N-methyl/N-ethyl adjacent to an activating group) is 1. The maximum absolute atomic E-state index is 13.6. The summed E-state index contributed by atoms with van der Waals surface area (Å²) in [7, 11) is -2.34. The third-order valence-electron chi connectivity index (χ3n) is 5.53. The van der Waals surface area contributed by atoms with Crippen LogP contribution in [0.25, 0.3) is 0 Å². The van der Waals surface area contributed by atoms with Gasteiger partial charge in [-0.1, -0.05) is 12.5 Å². The van der Waals surface area contributed by atoms with Crippen LogP contribution in [0, 0.1) is 11.6 Å². The lowest BCUT2D eigenvalue weighted by molar-refractivity contribution is -0.122. The van der Waals surface area contributed by atoms with Gasteiger partial charge in [-0.3, -0.25) is 9.59 Å². The van der Waals surface area contributed by atoms with E-state index in [0.717, 1.165) is 31.4 Å². The molecule has 1 heterocycles. The highest BCUT2D eigenvalue weighted by atomic mass is 32.2. The highest BCUT2D eigenvalue weighted by molar-refractivity contribution is 7.89. The average Bonchev–Trinajstić information content (AvgIpc) is 2.79. The maximum Gasteiger partial charge on any atom is 0.252 e. The number of nitrogens with zero attached hydrogens (tertiary/aromatic N) is 1. The lowest BCUT2D eigenvalue weighted by Gasteiger charge is -2.32. The molecule has 172 valence electrons. The summed E-state index contributed by atoms with van der Waals surface area (Å²) < 4.78 is 54.2. The largest absolute Gasteiger partial charge is 0.357 e. The molecule has 10 heteroatoms. The van der Waals surface area contributed by atoms with Gasteiger partial charge in [0.1, 0.15) is 6.04 Å². The van der Waals surface area contributed by atoms with Gasteiger partial charge in [-0.25, -0.2) is 17.2 Å². The van der Waals surface area contributed by atoms with E-state index in [4.69, 9.17) is 0 Å². The van der Waals surface area contributed by atoms with E-state index in [1.807, 2.05) is 6.92 Å². The number of hydrogen-bond acceptors (Lipinski definition) is 4. The molecule has 0 radical (unpaired) electrons. The Morgan fingerprint density at radius 1 is 1.06 bits per heavy atom. The first-order valence-electron chi connectivity index (χ1n) is 10.2. The second kappa shape index (κ2) is 9.74. The zero-order chi connectivity index (χ0) is 23.5. The molecule has 0 aliphatic carbocycles. The van der Waals surface area contributed by atoms with Gasteiger partial charge < -0.3 is 10.6 Å². The minimum atomic E-state index is -3.69. The molecule has 1 saturated heterocycles. The van der Waals surface area contributed by atoms with Crippen molar-refractivity contribution in [3.8, 4) is 0 Å². The molecule has 2 aromatic rings. The minimum absolute atomic E-state index is 0.0647. The third kappa shape index (κ3) is 4.97. The number of amides is 2. The number of rotatable bonds is 6. The second-order valence-electron chi connectivity index (χ2n) is 7.68. The highest BCUT2D eigenvalue weighted by Gasteiger charge is 2.31. The number of piperidine rings is 1. The van der Waals surface area contributed by atoms with Crippen LogP contribution in [0.2, 0.25) is 0 Å². The first-order valence-corrected chi connectivity index (χ1v) is 11.7. The number of carbonyl (C=O) groups excluding carboxylic acids is 2. The van der Waals surface area contributed by atoms with Crippen LogP contribution < -0.4 is 10.6 Å². The van der Waals surface area contributed by atoms with E-state index in [0.29, 0.717) is 6.54 Å². The fourth-order valence-corrected chi connectivity index (χ4v) is 5.39. The quantitative estimate of drug-likeness (QED) is 0.686. The van der Waals surface area contributed by atoms with Crippen molar-refractivity contribution in [3.63, 3.8) is 0 Å². The van der Waals surface area contributed by atoms with Crippen LogP contribution in [0.1, 0.15) is 48.1 Å². The van der Waals surface area contributed by atoms with Crippen molar-refractivity contribution < 1.29 is 26.8 Å². The SMILES string of the molecule is CNC(=O)C(NC(=O)c1ccc(S(=O)(=O)N2CCCCC2C)cc1)c1ccc(F)c(F)c1. The maximum atomic E-state index is 13.6. The molecule has 3 rings (SSSR count). The predicted octanol–water partition coefficient (Wildman–Crippen LogP) is 2.75. The molecule has 2 N–H and O–H groups in total. The van der Waals surface area contributed by atoms with Gasteiger partial charge in [0.15, 0.2) is 11.6 Å². The van der Waals surface area contributed by atoms with Gasteiger partial charge in [0.2, 0.25) is 15.9 Å². The van der Waals surface area contributed by atoms with Crippen molar-refractivity contribution >= 4 is 21.8 Å². The molecule has 2 atom stereocenters. The Morgan fingerprint density at radius 3 is 2.34 bits per heavy atom. The van der Waals surface area contributed by atoms with E-state index in [1.165, 1.54) is 41.7 Å². The van der Waals surface area contributed by atoms with Crippen molar-refractivity contribution in [3.05, 3.63) is 65.2 Å². The zero-order valence-electron chi connectivity index (χ0n) is 17.8. The molecule has 0 saturated carbocycles. The Morgan fingerprint density at radius 2 is 1.75 bits per heavy atom. The molecule has 1 aliphatic rings. The smallest absolute Gasteiger partial charge is 0.252 e. The number of sulfonamides is 1. The van der Waals surface area contributed by atoms with Crippen LogP contribution in [0.15, 0.2) is 47.4 Å². The zero-order valence-corrected chi connectivity index (χ0v) is 18.6. The van der Waals surface area contributed by atoms with Crippen LogP contribution in [0.4, 0.5) is 8.78 Å². The van der Waals surface area contributed by atoms with Gasteiger partial charge >= 0.3 is 0 Å². The molecule has 1 aliphatic heterocycles. The lowest BCUT2D eigenvalue weighted by Crippen LogP contribution is -2.42. The molecule has 2 aromatic carbocycles. The summed E-state index contributed by atoms with van der Waals surface area (Å²) >= 11 is 0. The molecule has 0 aromatic heterocycles. The normalized spacial score (nSPS) is 18.1. The molecule has 1 fully saturated rings. The predicted molar refractivity (Wildman–Crippen MR) is 114 cm³/mol. The van der Waals surface area contributed by atoms with Gasteiger partial charge in [-0.15, -0.1) is 0 Å². The van der Waals surface area contributed by atoms with Crippen LogP contribution in [-0.4, -0.2) is 44.2 Å². The Kier molecular flexibility index (Phi) is 7.25. The first kappa shape index (κ1) is 23.8. The minimum Gasteiger partial charge on any atom is -0.357 e. The molecule has 7 nitrogen and oxygen atoms in total. The van der Waals surface area contributed by atoms with Crippen LogP contribution in [0.3, 0.4) is 0 Å².